The monoisotopic (exact) mass is 467 g/mol. The minimum Gasteiger partial charge on any atom is -0.355 e. The van der Waals surface area contributed by atoms with Gasteiger partial charge in [0.1, 0.15) is 23.2 Å². The quantitative estimate of drug-likeness (QED) is 0.256. The summed E-state index contributed by atoms with van der Waals surface area (Å²) in [5.74, 6) is -0.237. The molecule has 3 heterocycles. The van der Waals surface area contributed by atoms with Crippen LogP contribution in [-0.2, 0) is 19.1 Å². The average Bonchev–Trinajstić information content (AvgIpc) is 3.34. The van der Waals surface area contributed by atoms with E-state index >= 15 is 0 Å². The van der Waals surface area contributed by atoms with Gasteiger partial charge in [0.25, 0.3) is 0 Å². The number of hydrogen-bond donors (Lipinski definition) is 0. The van der Waals surface area contributed by atoms with Crippen molar-refractivity contribution in [2.45, 2.75) is 19.1 Å². The number of fused-ring (bicyclic) bond motifs is 7. The molecule has 0 N–H and O–H groups in total. The molecule has 170 valence electrons. The summed E-state index contributed by atoms with van der Waals surface area (Å²) in [7, 11) is 0. The van der Waals surface area contributed by atoms with Gasteiger partial charge in [-0.05, 0) is 54.1 Å². The van der Waals surface area contributed by atoms with Crippen molar-refractivity contribution in [3.8, 4) is 22.6 Å². The van der Waals surface area contributed by atoms with Crippen LogP contribution in [0.1, 0.15) is 22.5 Å². The molecule has 34 heavy (non-hydrogen) atoms. The molecule has 0 aliphatic carbocycles. The molecule has 5 aromatic rings. The Balaban J connectivity index is 1.62. The van der Waals surface area contributed by atoms with Crippen LogP contribution in [-0.4, -0.2) is 14.7 Å². The van der Waals surface area contributed by atoms with Crippen LogP contribution in [0, 0.1) is 11.6 Å². The zero-order chi connectivity index (χ0) is 23.6. The summed E-state index contributed by atoms with van der Waals surface area (Å²) < 4.78 is 75.8. The minimum absolute atomic E-state index is 0.120. The molecule has 2 bridgehead atoms. The first kappa shape index (κ1) is 20.6. The van der Waals surface area contributed by atoms with Gasteiger partial charge in [0.05, 0.1) is 16.6 Å². The summed E-state index contributed by atoms with van der Waals surface area (Å²) in [6.45, 7) is 0.120. The van der Waals surface area contributed by atoms with Crippen molar-refractivity contribution in [2.24, 2.45) is 0 Å². The van der Waals surface area contributed by atoms with E-state index in [1.54, 1.807) is 16.7 Å². The molecule has 0 saturated carbocycles. The summed E-state index contributed by atoms with van der Waals surface area (Å²) >= 11 is 0. The van der Waals surface area contributed by atoms with Crippen molar-refractivity contribution in [1.29, 1.82) is 0 Å². The van der Waals surface area contributed by atoms with E-state index < -0.39 is 23.4 Å². The highest BCUT2D eigenvalue weighted by molar-refractivity contribution is 5.79. The second-order valence-electron chi connectivity index (χ2n) is 8.19. The molecule has 2 aromatic heterocycles. The molecule has 6 rings (SSSR count). The average molecular weight is 467 g/mol. The minimum atomic E-state index is -4.52. The van der Waals surface area contributed by atoms with Gasteiger partial charge >= 0.3 is 6.18 Å². The lowest BCUT2D eigenvalue weighted by Crippen LogP contribution is -2.07. The Kier molecular flexibility index (Phi) is 4.39. The normalized spacial score (nSPS) is 13.2. The van der Waals surface area contributed by atoms with E-state index in [1.807, 2.05) is 0 Å². The van der Waals surface area contributed by atoms with Crippen molar-refractivity contribution in [3.63, 3.8) is 0 Å². The van der Waals surface area contributed by atoms with Crippen molar-refractivity contribution in [3.05, 3.63) is 94.8 Å². The highest BCUT2D eigenvalue weighted by Crippen LogP contribution is 2.38. The van der Waals surface area contributed by atoms with Gasteiger partial charge in [-0.2, -0.15) is 13.2 Å². The summed E-state index contributed by atoms with van der Waals surface area (Å²) in [4.78, 5) is 4.57. The Labute approximate surface area is 189 Å². The molecule has 0 radical (unpaired) electrons. The molecule has 0 spiro atoms. The standard InChI is InChI=1S/C25H14F5N3O/c26-17-3-1-2-14(8-17)24-19-11-22-31-20-5-4-16(25(28,29)30)10-21(20)33(22)12-13-6-15(9-18(27)7-13)23(19)32-34-24/h1-10H,11-12H2. The van der Waals surface area contributed by atoms with Crippen LogP contribution < -0.4 is 0 Å². The molecule has 0 atom stereocenters. The van der Waals surface area contributed by atoms with Gasteiger partial charge in [-0.3, -0.25) is 0 Å². The van der Waals surface area contributed by atoms with E-state index in [1.165, 1.54) is 36.4 Å². The molecule has 3 aromatic carbocycles. The molecular formula is C25H14F5N3O. The first-order valence-corrected chi connectivity index (χ1v) is 10.4. The van der Waals surface area contributed by atoms with Crippen LogP contribution in [0.3, 0.4) is 0 Å². The lowest BCUT2D eigenvalue weighted by atomic mass is 9.99. The van der Waals surface area contributed by atoms with E-state index in [4.69, 9.17) is 4.52 Å². The third-order valence-corrected chi connectivity index (χ3v) is 5.94. The fourth-order valence-electron chi connectivity index (χ4n) is 4.44. The topological polar surface area (TPSA) is 43.9 Å². The van der Waals surface area contributed by atoms with Crippen LogP contribution in [0.15, 0.2) is 65.2 Å². The number of halogens is 5. The molecule has 1 aliphatic rings. The first-order valence-electron chi connectivity index (χ1n) is 10.4. The van der Waals surface area contributed by atoms with Crippen LogP contribution in [0.25, 0.3) is 33.6 Å². The molecule has 9 heteroatoms. The van der Waals surface area contributed by atoms with E-state index in [-0.39, 0.29) is 24.2 Å². The van der Waals surface area contributed by atoms with Gasteiger partial charge in [-0.1, -0.05) is 17.3 Å². The highest BCUT2D eigenvalue weighted by atomic mass is 19.4. The number of imidazole rings is 1. The van der Waals surface area contributed by atoms with E-state index in [9.17, 15) is 22.0 Å². The Hall–Kier alpha value is -4.01. The Morgan fingerprint density at radius 3 is 2.50 bits per heavy atom. The number of hydrogen-bond acceptors (Lipinski definition) is 3. The van der Waals surface area contributed by atoms with Gasteiger partial charge in [0.2, 0.25) is 0 Å². The number of nitrogens with zero attached hydrogens (tertiary/aromatic N) is 3. The first-order chi connectivity index (χ1) is 16.3. The van der Waals surface area contributed by atoms with Gasteiger partial charge in [0, 0.05) is 29.7 Å². The summed E-state index contributed by atoms with van der Waals surface area (Å²) in [6, 6.07) is 13.5. The molecular weight excluding hydrogens is 453 g/mol. The maximum absolute atomic E-state index is 14.5. The van der Waals surface area contributed by atoms with Crippen LogP contribution in [0.2, 0.25) is 0 Å². The molecule has 4 nitrogen and oxygen atoms in total. The fourth-order valence-corrected chi connectivity index (χ4v) is 4.44. The second-order valence-corrected chi connectivity index (χ2v) is 8.19. The fraction of sp³-hybridized carbons (Fsp3) is 0.120. The second kappa shape index (κ2) is 7.24. The number of benzene rings is 3. The van der Waals surface area contributed by atoms with Gasteiger partial charge in [-0.15, -0.1) is 0 Å². The van der Waals surface area contributed by atoms with Crippen LogP contribution in [0.4, 0.5) is 22.0 Å². The third-order valence-electron chi connectivity index (χ3n) is 5.94. The SMILES string of the molecule is Fc1cc2cc(c1)-c1noc(-c3cccc(F)c3)c1Cc1nc3ccc(C(F)(F)F)cc3n1C2. The predicted octanol–water partition coefficient (Wildman–Crippen LogP) is 6.61. The number of aromatic nitrogens is 3. The lowest BCUT2D eigenvalue weighted by molar-refractivity contribution is -0.137. The molecule has 0 fully saturated rings. The summed E-state index contributed by atoms with van der Waals surface area (Å²) in [5.41, 5.74) is 2.21. The zero-order valence-electron chi connectivity index (χ0n) is 17.3. The highest BCUT2D eigenvalue weighted by Gasteiger charge is 2.32. The molecule has 1 aliphatic heterocycles. The van der Waals surface area contributed by atoms with E-state index in [0.717, 1.165) is 12.1 Å². The van der Waals surface area contributed by atoms with Crippen molar-refractivity contribution in [1.82, 2.24) is 14.7 Å². The van der Waals surface area contributed by atoms with E-state index in [0.29, 0.717) is 39.3 Å². The summed E-state index contributed by atoms with van der Waals surface area (Å²) in [5, 5.41) is 4.14. The maximum atomic E-state index is 14.5. The Morgan fingerprint density at radius 1 is 0.882 bits per heavy atom. The van der Waals surface area contributed by atoms with Crippen molar-refractivity contribution in [2.75, 3.05) is 0 Å². The molecule has 0 unspecified atom stereocenters. The third kappa shape index (κ3) is 3.35. The maximum Gasteiger partial charge on any atom is 0.416 e. The summed E-state index contributed by atoms with van der Waals surface area (Å²) in [6.07, 6.45) is -4.38. The Bertz CT molecular complexity index is 1580. The largest absolute Gasteiger partial charge is 0.416 e. The van der Waals surface area contributed by atoms with Crippen LogP contribution in [0.5, 0.6) is 0 Å². The number of rotatable bonds is 1. The van der Waals surface area contributed by atoms with Gasteiger partial charge in [0.15, 0.2) is 5.76 Å². The lowest BCUT2D eigenvalue weighted by Gasteiger charge is -2.11. The van der Waals surface area contributed by atoms with Crippen molar-refractivity contribution >= 4 is 11.0 Å². The smallest absolute Gasteiger partial charge is 0.355 e. The molecule has 0 amide bonds. The zero-order valence-corrected chi connectivity index (χ0v) is 17.3. The predicted molar refractivity (Wildman–Crippen MR) is 114 cm³/mol. The Morgan fingerprint density at radius 2 is 1.71 bits per heavy atom. The van der Waals surface area contributed by atoms with Crippen LogP contribution >= 0.6 is 0 Å². The van der Waals surface area contributed by atoms with Gasteiger partial charge in [-0.25, -0.2) is 13.8 Å². The number of alkyl halides is 3. The van der Waals surface area contributed by atoms with Crippen molar-refractivity contribution < 1.29 is 26.5 Å². The molecule has 0 saturated heterocycles. The van der Waals surface area contributed by atoms with E-state index in [2.05, 4.69) is 10.1 Å². The van der Waals surface area contributed by atoms with Gasteiger partial charge < -0.3 is 9.09 Å².